The van der Waals surface area contributed by atoms with Gasteiger partial charge in [-0.3, -0.25) is 4.79 Å². The van der Waals surface area contributed by atoms with Gasteiger partial charge in [-0.2, -0.15) is 0 Å². The van der Waals surface area contributed by atoms with Crippen LogP contribution in [0.5, 0.6) is 0 Å². The van der Waals surface area contributed by atoms with Crippen molar-refractivity contribution in [3.05, 3.63) is 11.6 Å². The minimum Gasteiger partial charge on any atom is -0.295 e. The molecule has 8 atom stereocenters. The van der Waals surface area contributed by atoms with Gasteiger partial charge >= 0.3 is 0 Å². The van der Waals surface area contributed by atoms with E-state index in [1.54, 1.807) is 0 Å². The summed E-state index contributed by atoms with van der Waals surface area (Å²) < 4.78 is 0. The van der Waals surface area contributed by atoms with E-state index in [4.69, 9.17) is 0 Å². The summed E-state index contributed by atoms with van der Waals surface area (Å²) in [6.45, 7) is 14.9. The van der Waals surface area contributed by atoms with Gasteiger partial charge in [0.15, 0.2) is 5.78 Å². The molecule has 0 aromatic carbocycles. The van der Waals surface area contributed by atoms with E-state index in [-0.39, 0.29) is 5.41 Å². The molecule has 0 N–H and O–H groups in total. The van der Waals surface area contributed by atoms with E-state index in [0.29, 0.717) is 11.2 Å². The van der Waals surface area contributed by atoms with Crippen LogP contribution in [0.15, 0.2) is 11.6 Å². The lowest BCUT2D eigenvalue weighted by atomic mass is 9.47. The summed E-state index contributed by atoms with van der Waals surface area (Å²) in [6.07, 6.45) is 15.2. The predicted molar refractivity (Wildman–Crippen MR) is 123 cm³/mol. The smallest absolute Gasteiger partial charge is 0.159 e. The molecule has 0 unspecified atom stereocenters. The van der Waals surface area contributed by atoms with E-state index in [0.717, 1.165) is 54.3 Å². The second-order valence-electron chi connectivity index (χ2n) is 12.4. The van der Waals surface area contributed by atoms with Crippen LogP contribution in [0.4, 0.5) is 0 Å². The Morgan fingerprint density at radius 1 is 1.00 bits per heavy atom. The van der Waals surface area contributed by atoms with Gasteiger partial charge in [0, 0.05) is 6.42 Å². The number of rotatable bonds is 5. The highest BCUT2D eigenvalue weighted by molar-refractivity contribution is 5.97. The second-order valence-corrected chi connectivity index (χ2v) is 12.4. The van der Waals surface area contributed by atoms with Gasteiger partial charge < -0.3 is 0 Å². The fraction of sp³-hybridized carbons (Fsp3) is 0.893. The number of hydrogen-bond acceptors (Lipinski definition) is 1. The summed E-state index contributed by atoms with van der Waals surface area (Å²) in [5, 5.41) is 0. The molecule has 0 amide bonds. The monoisotopic (exact) mass is 398 g/mol. The van der Waals surface area contributed by atoms with Crippen molar-refractivity contribution in [2.45, 2.75) is 106 Å². The molecule has 0 saturated heterocycles. The van der Waals surface area contributed by atoms with E-state index in [2.05, 4.69) is 47.6 Å². The molecule has 1 nitrogen and oxygen atoms in total. The molecular weight excluding hydrogens is 352 g/mol. The van der Waals surface area contributed by atoms with Gasteiger partial charge in [-0.15, -0.1) is 0 Å². The average molecular weight is 399 g/mol. The van der Waals surface area contributed by atoms with Crippen molar-refractivity contribution < 1.29 is 4.79 Å². The SMILES string of the molecule is CC(C)[C@@H](C)CC[C@@H](C)[C@H]1CC[C@H]2[C@@H]3CC=C4C(=O)CCC[C@]4(C)[C@H]3CC[C@]12C. The van der Waals surface area contributed by atoms with Crippen molar-refractivity contribution in [2.75, 3.05) is 0 Å². The number of allylic oxidation sites excluding steroid dienone is 2. The van der Waals surface area contributed by atoms with Gasteiger partial charge in [-0.1, -0.05) is 60.5 Å². The molecule has 0 radical (unpaired) electrons. The summed E-state index contributed by atoms with van der Waals surface area (Å²) in [4.78, 5) is 12.6. The van der Waals surface area contributed by atoms with Crippen LogP contribution in [0, 0.1) is 52.3 Å². The van der Waals surface area contributed by atoms with Crippen LogP contribution in [0.2, 0.25) is 0 Å². The highest BCUT2D eigenvalue weighted by atomic mass is 16.1. The Hall–Kier alpha value is -0.590. The first-order chi connectivity index (χ1) is 13.7. The van der Waals surface area contributed by atoms with Crippen LogP contribution >= 0.6 is 0 Å². The molecule has 0 heterocycles. The number of fused-ring (bicyclic) bond motifs is 5. The van der Waals surface area contributed by atoms with Crippen molar-refractivity contribution in [3.8, 4) is 0 Å². The lowest BCUT2D eigenvalue weighted by molar-refractivity contribution is -0.121. The number of Topliss-reactive ketones (excluding diaryl/α,β-unsaturated/α-hetero) is 1. The maximum atomic E-state index is 12.6. The topological polar surface area (TPSA) is 17.1 Å². The van der Waals surface area contributed by atoms with Gasteiger partial charge in [0.1, 0.15) is 0 Å². The van der Waals surface area contributed by atoms with Gasteiger partial charge in [0.25, 0.3) is 0 Å². The van der Waals surface area contributed by atoms with Crippen LogP contribution in [-0.4, -0.2) is 5.78 Å². The van der Waals surface area contributed by atoms with E-state index < -0.39 is 0 Å². The van der Waals surface area contributed by atoms with E-state index in [1.165, 1.54) is 56.9 Å². The Morgan fingerprint density at radius 3 is 2.48 bits per heavy atom. The molecule has 3 fully saturated rings. The molecule has 1 heteroatoms. The molecule has 3 saturated carbocycles. The maximum absolute atomic E-state index is 12.6. The zero-order chi connectivity index (χ0) is 21.0. The molecule has 0 spiro atoms. The lowest BCUT2D eigenvalue weighted by Crippen LogP contribution is -2.51. The zero-order valence-corrected chi connectivity index (χ0v) is 20.1. The summed E-state index contributed by atoms with van der Waals surface area (Å²) in [6, 6.07) is 0. The first-order valence-corrected chi connectivity index (χ1v) is 12.9. The van der Waals surface area contributed by atoms with Crippen LogP contribution in [-0.2, 0) is 4.79 Å². The van der Waals surface area contributed by atoms with Crippen molar-refractivity contribution in [3.63, 3.8) is 0 Å². The van der Waals surface area contributed by atoms with E-state index in [1.807, 2.05) is 0 Å². The molecule has 0 bridgehead atoms. The highest BCUT2D eigenvalue weighted by Crippen LogP contribution is 2.67. The summed E-state index contributed by atoms with van der Waals surface area (Å²) >= 11 is 0. The molecule has 164 valence electrons. The van der Waals surface area contributed by atoms with Crippen molar-refractivity contribution in [1.82, 2.24) is 0 Å². The van der Waals surface area contributed by atoms with Crippen molar-refractivity contribution in [1.29, 1.82) is 0 Å². The fourth-order valence-electron chi connectivity index (χ4n) is 8.63. The van der Waals surface area contributed by atoms with Crippen LogP contribution in [0.3, 0.4) is 0 Å². The number of ketones is 1. The minimum absolute atomic E-state index is 0.190. The largest absolute Gasteiger partial charge is 0.295 e. The third-order valence-corrected chi connectivity index (χ3v) is 10.8. The average Bonchev–Trinajstić information content (AvgIpc) is 3.03. The predicted octanol–water partition coefficient (Wildman–Crippen LogP) is 7.84. The highest BCUT2D eigenvalue weighted by Gasteiger charge is 2.59. The maximum Gasteiger partial charge on any atom is 0.159 e. The van der Waals surface area contributed by atoms with Crippen molar-refractivity contribution in [2.24, 2.45) is 52.3 Å². The first kappa shape index (κ1) is 21.6. The Kier molecular flexibility index (Phi) is 5.84. The fourth-order valence-corrected chi connectivity index (χ4v) is 8.63. The first-order valence-electron chi connectivity index (χ1n) is 12.9. The Bertz CT molecular complexity index is 659. The Labute approximate surface area is 180 Å². The molecule has 4 aliphatic carbocycles. The normalized spacial score (nSPS) is 44.0. The molecule has 0 aromatic rings. The van der Waals surface area contributed by atoms with Crippen LogP contribution in [0.25, 0.3) is 0 Å². The second kappa shape index (κ2) is 7.83. The summed E-state index contributed by atoms with van der Waals surface area (Å²) in [5.41, 5.74) is 1.97. The molecule has 4 aliphatic rings. The molecule has 0 aromatic heterocycles. The summed E-state index contributed by atoms with van der Waals surface area (Å²) in [7, 11) is 0. The van der Waals surface area contributed by atoms with Gasteiger partial charge in [0.05, 0.1) is 0 Å². The Balaban J connectivity index is 1.51. The number of carbonyl (C=O) groups excluding carboxylic acids is 1. The molecular formula is C28H46O. The number of hydrogen-bond donors (Lipinski definition) is 0. The lowest BCUT2D eigenvalue weighted by Gasteiger charge is -2.57. The quantitative estimate of drug-likeness (QED) is 0.461. The van der Waals surface area contributed by atoms with E-state index >= 15 is 0 Å². The third kappa shape index (κ3) is 3.47. The molecule has 29 heavy (non-hydrogen) atoms. The van der Waals surface area contributed by atoms with Gasteiger partial charge in [0.2, 0.25) is 0 Å². The third-order valence-electron chi connectivity index (χ3n) is 10.8. The standard InChI is InChI=1S/C28H46O/c1-18(2)19(3)9-10-20(4)22-13-14-23-21-11-12-25-26(29)8-7-16-27(25,5)24(21)15-17-28(22,23)6/h12,18-24H,7-11,13-17H2,1-6H3/t19-,20+,21-,22+,23-,24-,27+,28+/m0/s1. The van der Waals surface area contributed by atoms with Gasteiger partial charge in [-0.05, 0) is 103 Å². The molecule has 0 aliphatic heterocycles. The van der Waals surface area contributed by atoms with Gasteiger partial charge in [-0.25, -0.2) is 0 Å². The minimum atomic E-state index is 0.190. The van der Waals surface area contributed by atoms with Crippen molar-refractivity contribution >= 4 is 5.78 Å². The van der Waals surface area contributed by atoms with Crippen LogP contribution < -0.4 is 0 Å². The molecule has 4 rings (SSSR count). The van der Waals surface area contributed by atoms with Crippen LogP contribution in [0.1, 0.15) is 106 Å². The zero-order valence-electron chi connectivity index (χ0n) is 20.1. The number of carbonyl (C=O) groups is 1. The van der Waals surface area contributed by atoms with E-state index in [9.17, 15) is 4.79 Å². The summed E-state index contributed by atoms with van der Waals surface area (Å²) in [5.74, 6) is 6.41. The Morgan fingerprint density at radius 2 is 1.76 bits per heavy atom.